The summed E-state index contributed by atoms with van der Waals surface area (Å²) in [5.74, 6) is 1.18. The van der Waals surface area contributed by atoms with Gasteiger partial charge in [0.1, 0.15) is 5.75 Å². The lowest BCUT2D eigenvalue weighted by Gasteiger charge is -2.50. The molecule has 6 nitrogen and oxygen atoms in total. The van der Waals surface area contributed by atoms with Gasteiger partial charge in [-0.15, -0.1) is 0 Å². The van der Waals surface area contributed by atoms with Crippen molar-refractivity contribution in [2.45, 2.75) is 51.6 Å². The van der Waals surface area contributed by atoms with Gasteiger partial charge in [0.2, 0.25) is 0 Å². The summed E-state index contributed by atoms with van der Waals surface area (Å²) in [6.45, 7) is 7.24. The summed E-state index contributed by atoms with van der Waals surface area (Å²) < 4.78 is 7.61. The van der Waals surface area contributed by atoms with E-state index in [1.54, 1.807) is 7.11 Å². The van der Waals surface area contributed by atoms with E-state index in [0.29, 0.717) is 24.4 Å². The maximum absolute atomic E-state index is 13.2. The Kier molecular flexibility index (Phi) is 4.97. The lowest BCUT2D eigenvalue weighted by atomic mass is 9.81. The fourth-order valence-corrected chi connectivity index (χ4v) is 5.61. The zero-order chi connectivity index (χ0) is 22.7. The Morgan fingerprint density at radius 1 is 0.969 bits per heavy atom. The van der Waals surface area contributed by atoms with E-state index in [1.807, 2.05) is 36.1 Å². The van der Waals surface area contributed by atoms with Crippen molar-refractivity contribution in [2.75, 3.05) is 33.8 Å². The summed E-state index contributed by atoms with van der Waals surface area (Å²) >= 11 is 0. The number of carbonyl (C=O) groups is 2. The van der Waals surface area contributed by atoms with Crippen LogP contribution in [0.5, 0.6) is 5.75 Å². The number of ketones is 1. The van der Waals surface area contributed by atoms with Crippen molar-refractivity contribution in [2.24, 2.45) is 5.41 Å². The van der Waals surface area contributed by atoms with Gasteiger partial charge < -0.3 is 14.2 Å². The Bertz CT molecular complexity index is 1070. The summed E-state index contributed by atoms with van der Waals surface area (Å²) in [4.78, 5) is 30.7. The number of Topliss-reactive ketones (excluding diaryl/α,β-unsaturated/α-hetero) is 1. The van der Waals surface area contributed by atoms with Crippen LogP contribution in [0.1, 0.15) is 64.7 Å². The van der Waals surface area contributed by atoms with Crippen molar-refractivity contribution in [3.63, 3.8) is 0 Å². The summed E-state index contributed by atoms with van der Waals surface area (Å²) in [6, 6.07) is 9.85. The number of benzene rings is 1. The van der Waals surface area contributed by atoms with Crippen LogP contribution in [-0.2, 0) is 12.1 Å². The molecular formula is C26H33N3O3. The number of likely N-dealkylation sites (tertiary alicyclic amines) is 1. The zero-order valence-electron chi connectivity index (χ0n) is 19.6. The highest BCUT2D eigenvalue weighted by Gasteiger charge is 2.49. The molecule has 170 valence electrons. The van der Waals surface area contributed by atoms with Gasteiger partial charge in [-0.1, -0.05) is 6.92 Å². The number of carbonyl (C=O) groups excluding carboxylic acids is 2. The molecule has 1 saturated carbocycles. The van der Waals surface area contributed by atoms with Gasteiger partial charge in [-0.3, -0.25) is 14.5 Å². The molecule has 0 radical (unpaired) electrons. The first-order chi connectivity index (χ1) is 15.3. The van der Waals surface area contributed by atoms with Crippen molar-refractivity contribution in [3.05, 3.63) is 52.8 Å². The summed E-state index contributed by atoms with van der Waals surface area (Å²) in [5.41, 5.74) is 3.53. The smallest absolute Gasteiger partial charge is 0.253 e. The van der Waals surface area contributed by atoms with Gasteiger partial charge in [0, 0.05) is 42.9 Å². The average Bonchev–Trinajstić information content (AvgIpc) is 3.40. The van der Waals surface area contributed by atoms with Crippen LogP contribution in [0.15, 0.2) is 30.3 Å². The molecule has 32 heavy (non-hydrogen) atoms. The summed E-state index contributed by atoms with van der Waals surface area (Å²) in [5, 5.41) is 0. The van der Waals surface area contributed by atoms with Gasteiger partial charge >= 0.3 is 0 Å². The van der Waals surface area contributed by atoms with Crippen molar-refractivity contribution in [3.8, 4) is 5.75 Å². The molecule has 1 saturated heterocycles. The number of likely N-dealkylation sites (N-methyl/N-ethyl adjacent to an activating group) is 1. The SMILES string of the molecule is COc1ccc(C(=O)N2CCC3(CC2)c2ccc(C(=O)C4(C)CC4)n2CCN3C)cc1C. The minimum absolute atomic E-state index is 0.0805. The van der Waals surface area contributed by atoms with Crippen molar-refractivity contribution >= 4 is 11.7 Å². The number of hydrogen-bond donors (Lipinski definition) is 0. The summed E-state index contributed by atoms with van der Waals surface area (Å²) in [6.07, 6.45) is 3.75. The van der Waals surface area contributed by atoms with Crippen LogP contribution in [0.4, 0.5) is 0 Å². The third-order valence-corrected chi connectivity index (χ3v) is 8.15. The second-order valence-electron chi connectivity index (χ2n) is 10.1. The van der Waals surface area contributed by atoms with Gasteiger partial charge in [0.25, 0.3) is 5.91 Å². The number of hydrogen-bond acceptors (Lipinski definition) is 4. The van der Waals surface area contributed by atoms with Crippen molar-refractivity contribution in [1.82, 2.24) is 14.4 Å². The molecule has 1 aromatic carbocycles. The van der Waals surface area contributed by atoms with Crippen LogP contribution in [-0.4, -0.2) is 59.8 Å². The van der Waals surface area contributed by atoms with E-state index in [1.165, 1.54) is 5.69 Å². The minimum atomic E-state index is -0.155. The first-order valence-electron chi connectivity index (χ1n) is 11.7. The molecule has 0 atom stereocenters. The van der Waals surface area contributed by atoms with Crippen LogP contribution >= 0.6 is 0 Å². The third-order valence-electron chi connectivity index (χ3n) is 8.15. The second-order valence-corrected chi connectivity index (χ2v) is 10.1. The van der Waals surface area contributed by atoms with Crippen LogP contribution < -0.4 is 4.74 Å². The van der Waals surface area contributed by atoms with E-state index in [-0.39, 0.29) is 16.9 Å². The molecule has 1 aliphatic carbocycles. The van der Waals surface area contributed by atoms with Crippen LogP contribution in [0.25, 0.3) is 0 Å². The highest BCUT2D eigenvalue weighted by molar-refractivity contribution is 6.01. The first-order valence-corrected chi connectivity index (χ1v) is 11.7. The number of aromatic nitrogens is 1. The molecule has 2 aliphatic heterocycles. The Labute approximate surface area is 190 Å². The number of fused-ring (bicyclic) bond motifs is 2. The molecule has 0 N–H and O–H groups in total. The molecule has 0 unspecified atom stereocenters. The first kappa shape index (κ1) is 21.3. The molecular weight excluding hydrogens is 402 g/mol. The van der Waals surface area contributed by atoms with Crippen molar-refractivity contribution < 1.29 is 14.3 Å². The van der Waals surface area contributed by atoms with E-state index in [2.05, 4.69) is 29.5 Å². The van der Waals surface area contributed by atoms with E-state index in [0.717, 1.165) is 55.8 Å². The number of nitrogens with zero attached hydrogens (tertiary/aromatic N) is 3. The van der Waals surface area contributed by atoms with Gasteiger partial charge in [-0.25, -0.2) is 0 Å². The topological polar surface area (TPSA) is 54.8 Å². The van der Waals surface area contributed by atoms with E-state index >= 15 is 0 Å². The number of ether oxygens (including phenoxy) is 1. The molecule has 6 heteroatoms. The number of rotatable bonds is 4. The maximum atomic E-state index is 13.2. The predicted octanol–water partition coefficient (Wildman–Crippen LogP) is 3.86. The van der Waals surface area contributed by atoms with Gasteiger partial charge in [0.05, 0.1) is 18.3 Å². The van der Waals surface area contributed by atoms with E-state index in [9.17, 15) is 9.59 Å². The highest BCUT2D eigenvalue weighted by atomic mass is 16.5. The largest absolute Gasteiger partial charge is 0.496 e. The lowest BCUT2D eigenvalue weighted by Crippen LogP contribution is -2.56. The van der Waals surface area contributed by atoms with Gasteiger partial charge in [-0.05, 0) is 75.5 Å². The quantitative estimate of drug-likeness (QED) is 0.685. The predicted molar refractivity (Wildman–Crippen MR) is 123 cm³/mol. The molecule has 3 heterocycles. The number of amides is 1. The minimum Gasteiger partial charge on any atom is -0.496 e. The molecule has 5 rings (SSSR count). The number of aryl methyl sites for hydroxylation is 1. The van der Waals surface area contributed by atoms with E-state index in [4.69, 9.17) is 4.74 Å². The fraction of sp³-hybridized carbons (Fsp3) is 0.538. The van der Waals surface area contributed by atoms with Crippen molar-refractivity contribution in [1.29, 1.82) is 0 Å². The van der Waals surface area contributed by atoms with Crippen LogP contribution in [0, 0.1) is 12.3 Å². The monoisotopic (exact) mass is 435 g/mol. The van der Waals surface area contributed by atoms with Crippen LogP contribution in [0.2, 0.25) is 0 Å². The average molecular weight is 436 g/mol. The highest BCUT2D eigenvalue weighted by Crippen LogP contribution is 2.49. The molecule has 1 spiro atoms. The normalized spacial score (nSPS) is 21.3. The molecule has 2 fully saturated rings. The Hall–Kier alpha value is -2.60. The fourth-order valence-electron chi connectivity index (χ4n) is 5.61. The maximum Gasteiger partial charge on any atom is 0.253 e. The lowest BCUT2D eigenvalue weighted by molar-refractivity contribution is 0.0127. The number of piperidine rings is 1. The van der Waals surface area contributed by atoms with Gasteiger partial charge in [-0.2, -0.15) is 0 Å². The Morgan fingerprint density at radius 3 is 2.31 bits per heavy atom. The number of methoxy groups -OCH3 is 1. The molecule has 3 aliphatic rings. The third kappa shape index (κ3) is 3.19. The Balaban J connectivity index is 1.37. The van der Waals surface area contributed by atoms with Crippen LogP contribution in [0.3, 0.4) is 0 Å². The van der Waals surface area contributed by atoms with Gasteiger partial charge in [0.15, 0.2) is 5.78 Å². The summed E-state index contributed by atoms with van der Waals surface area (Å²) in [7, 11) is 3.83. The molecule has 1 aromatic heterocycles. The molecule has 1 amide bonds. The second kappa shape index (κ2) is 7.48. The molecule has 2 aromatic rings. The standard InChI is InChI=1S/C26H33N3O3/c1-18-17-19(5-7-21(18)32-4)24(31)28-13-11-26(12-14-28)22-8-6-20(23(30)25(2)9-10-25)29(22)16-15-27(26)3/h5-8,17H,9-16H2,1-4H3. The molecule has 0 bridgehead atoms. The zero-order valence-corrected chi connectivity index (χ0v) is 19.6. The van der Waals surface area contributed by atoms with E-state index < -0.39 is 0 Å². The Morgan fingerprint density at radius 2 is 1.69 bits per heavy atom.